The molecule has 1 aliphatic heterocycles. The average Bonchev–Trinajstić information content (AvgIpc) is 2.46. The average molecular weight is 304 g/mol. The predicted molar refractivity (Wildman–Crippen MR) is 65.7 cm³/mol. The number of piperazine rings is 1. The number of nitrogens with zero attached hydrogens (tertiary/aromatic N) is 4. The van der Waals surface area contributed by atoms with E-state index in [1.54, 1.807) is 4.90 Å². The van der Waals surface area contributed by atoms with E-state index in [2.05, 4.69) is 4.98 Å². The maximum atomic E-state index is 12.3. The van der Waals surface area contributed by atoms with Crippen molar-refractivity contribution in [3.8, 4) is 0 Å². The molecule has 2 rings (SSSR count). The number of hydrogen-bond acceptors (Lipinski definition) is 5. The minimum absolute atomic E-state index is 0.0724. The highest BCUT2D eigenvalue weighted by molar-refractivity contribution is 5.82. The fraction of sp³-hybridized carbons (Fsp3) is 0.455. The van der Waals surface area contributed by atoms with E-state index in [-0.39, 0.29) is 31.9 Å². The van der Waals surface area contributed by atoms with Gasteiger partial charge in [-0.2, -0.15) is 13.2 Å². The maximum Gasteiger partial charge on any atom is 0.471 e. The van der Waals surface area contributed by atoms with Crippen molar-refractivity contribution in [3.05, 3.63) is 28.4 Å². The third-order valence-electron chi connectivity index (χ3n) is 3.08. The largest absolute Gasteiger partial charge is 0.471 e. The van der Waals surface area contributed by atoms with Crippen molar-refractivity contribution < 1.29 is 22.9 Å². The second kappa shape index (κ2) is 5.54. The first-order chi connectivity index (χ1) is 9.79. The summed E-state index contributed by atoms with van der Waals surface area (Å²) in [5, 5.41) is 10.5. The third kappa shape index (κ3) is 3.38. The molecule has 114 valence electrons. The molecule has 0 radical (unpaired) electrons. The van der Waals surface area contributed by atoms with Crippen LogP contribution in [-0.4, -0.2) is 53.1 Å². The van der Waals surface area contributed by atoms with Gasteiger partial charge in [-0.15, -0.1) is 0 Å². The van der Waals surface area contributed by atoms with E-state index in [9.17, 15) is 28.1 Å². The molecule has 1 aliphatic rings. The standard InChI is InChI=1S/C11H11F3N4O3/c12-11(13,14)10(19)17-5-3-16(4-6-17)9-2-1-8(7-15-9)18(20)21/h1-2,7H,3-6H2. The monoisotopic (exact) mass is 304 g/mol. The fourth-order valence-corrected chi connectivity index (χ4v) is 1.99. The van der Waals surface area contributed by atoms with Crippen LogP contribution in [0.3, 0.4) is 0 Å². The number of pyridine rings is 1. The van der Waals surface area contributed by atoms with E-state index in [1.807, 2.05) is 0 Å². The highest BCUT2D eigenvalue weighted by atomic mass is 19.4. The molecule has 21 heavy (non-hydrogen) atoms. The first-order valence-electron chi connectivity index (χ1n) is 6.00. The number of nitro groups is 1. The van der Waals surface area contributed by atoms with Gasteiger partial charge in [-0.05, 0) is 6.07 Å². The van der Waals surface area contributed by atoms with Gasteiger partial charge in [-0.25, -0.2) is 4.98 Å². The zero-order valence-electron chi connectivity index (χ0n) is 10.7. The third-order valence-corrected chi connectivity index (χ3v) is 3.08. The summed E-state index contributed by atoms with van der Waals surface area (Å²) >= 11 is 0. The van der Waals surface area contributed by atoms with Gasteiger partial charge < -0.3 is 9.80 Å². The Morgan fingerprint density at radius 2 is 1.86 bits per heavy atom. The van der Waals surface area contributed by atoms with Crippen molar-refractivity contribution in [2.75, 3.05) is 31.1 Å². The van der Waals surface area contributed by atoms with Crippen molar-refractivity contribution in [2.24, 2.45) is 0 Å². The van der Waals surface area contributed by atoms with Gasteiger partial charge in [0.15, 0.2) is 0 Å². The lowest BCUT2D eigenvalue weighted by atomic mass is 10.3. The molecule has 1 aromatic rings. The summed E-state index contributed by atoms with van der Waals surface area (Å²) in [6.45, 7) is 0.229. The van der Waals surface area contributed by atoms with E-state index in [1.165, 1.54) is 12.1 Å². The van der Waals surface area contributed by atoms with Crippen LogP contribution in [-0.2, 0) is 4.79 Å². The van der Waals surface area contributed by atoms with Crippen LogP contribution >= 0.6 is 0 Å². The highest BCUT2D eigenvalue weighted by Gasteiger charge is 2.43. The molecule has 0 aliphatic carbocycles. The molecular formula is C11H11F3N4O3. The van der Waals surface area contributed by atoms with E-state index in [0.717, 1.165) is 11.1 Å². The Hall–Kier alpha value is -2.39. The van der Waals surface area contributed by atoms with Gasteiger partial charge in [-0.3, -0.25) is 14.9 Å². The van der Waals surface area contributed by atoms with Crippen LogP contribution in [0, 0.1) is 10.1 Å². The Labute approximate surface area is 117 Å². The minimum atomic E-state index is -4.87. The van der Waals surface area contributed by atoms with Crippen molar-refractivity contribution >= 4 is 17.4 Å². The molecule has 1 saturated heterocycles. The van der Waals surface area contributed by atoms with Crippen LogP contribution in [0.5, 0.6) is 0 Å². The van der Waals surface area contributed by atoms with Gasteiger partial charge >= 0.3 is 12.1 Å². The Morgan fingerprint density at radius 1 is 1.24 bits per heavy atom. The molecule has 0 atom stereocenters. The lowest BCUT2D eigenvalue weighted by Crippen LogP contribution is -2.52. The molecule has 0 saturated carbocycles. The Morgan fingerprint density at radius 3 is 2.29 bits per heavy atom. The van der Waals surface area contributed by atoms with Gasteiger partial charge in [-0.1, -0.05) is 0 Å². The summed E-state index contributed by atoms with van der Waals surface area (Å²) in [6, 6.07) is 2.70. The van der Waals surface area contributed by atoms with Crippen molar-refractivity contribution in [1.82, 2.24) is 9.88 Å². The number of aromatic nitrogens is 1. The number of amides is 1. The topological polar surface area (TPSA) is 79.6 Å². The van der Waals surface area contributed by atoms with Crippen molar-refractivity contribution in [3.63, 3.8) is 0 Å². The number of carbonyl (C=O) groups is 1. The predicted octanol–water partition coefficient (Wildman–Crippen LogP) is 1.20. The Bertz CT molecular complexity index is 539. The lowest BCUT2D eigenvalue weighted by molar-refractivity contribution is -0.385. The van der Waals surface area contributed by atoms with Crippen LogP contribution in [0.25, 0.3) is 0 Å². The molecule has 10 heteroatoms. The van der Waals surface area contributed by atoms with Crippen LogP contribution in [0.4, 0.5) is 24.7 Å². The maximum absolute atomic E-state index is 12.3. The summed E-state index contributed by atoms with van der Waals surface area (Å²) in [7, 11) is 0. The summed E-state index contributed by atoms with van der Waals surface area (Å²) in [5.41, 5.74) is -0.162. The second-order valence-corrected chi connectivity index (χ2v) is 4.41. The molecule has 0 spiro atoms. The van der Waals surface area contributed by atoms with E-state index >= 15 is 0 Å². The number of anilines is 1. The molecule has 0 unspecified atom stereocenters. The fourth-order valence-electron chi connectivity index (χ4n) is 1.99. The molecule has 0 bridgehead atoms. The summed E-state index contributed by atoms with van der Waals surface area (Å²) in [4.78, 5) is 27.3. The van der Waals surface area contributed by atoms with Crippen molar-refractivity contribution in [2.45, 2.75) is 6.18 Å². The smallest absolute Gasteiger partial charge is 0.353 e. The SMILES string of the molecule is O=C(N1CCN(c2ccc([N+](=O)[O-])cn2)CC1)C(F)(F)F. The Balaban J connectivity index is 1.98. The normalized spacial score (nSPS) is 16.0. The molecular weight excluding hydrogens is 293 g/mol. The molecule has 1 aromatic heterocycles. The molecule has 1 fully saturated rings. The summed E-state index contributed by atoms with van der Waals surface area (Å²) in [5.74, 6) is -1.42. The Kier molecular flexibility index (Phi) is 3.96. The molecule has 1 amide bonds. The summed E-state index contributed by atoms with van der Waals surface area (Å²) in [6.07, 6.45) is -3.78. The molecule has 2 heterocycles. The lowest BCUT2D eigenvalue weighted by Gasteiger charge is -2.35. The van der Waals surface area contributed by atoms with Crippen molar-refractivity contribution in [1.29, 1.82) is 0 Å². The zero-order chi connectivity index (χ0) is 15.6. The molecule has 0 N–H and O–H groups in total. The number of halogens is 3. The van der Waals surface area contributed by atoms with Crippen LogP contribution in [0.2, 0.25) is 0 Å². The van der Waals surface area contributed by atoms with Gasteiger partial charge in [0.25, 0.3) is 5.69 Å². The molecule has 0 aromatic carbocycles. The van der Waals surface area contributed by atoms with E-state index in [0.29, 0.717) is 5.82 Å². The first kappa shape index (κ1) is 15.0. The van der Waals surface area contributed by atoms with Gasteiger partial charge in [0.1, 0.15) is 12.0 Å². The first-order valence-corrected chi connectivity index (χ1v) is 6.00. The zero-order valence-corrected chi connectivity index (χ0v) is 10.7. The van der Waals surface area contributed by atoms with Gasteiger partial charge in [0.2, 0.25) is 0 Å². The van der Waals surface area contributed by atoms with E-state index < -0.39 is 17.0 Å². The van der Waals surface area contributed by atoms with Gasteiger partial charge in [0.05, 0.1) is 4.92 Å². The quantitative estimate of drug-likeness (QED) is 0.606. The minimum Gasteiger partial charge on any atom is -0.353 e. The molecule has 7 nitrogen and oxygen atoms in total. The second-order valence-electron chi connectivity index (χ2n) is 4.41. The number of rotatable bonds is 2. The van der Waals surface area contributed by atoms with E-state index in [4.69, 9.17) is 0 Å². The summed E-state index contributed by atoms with van der Waals surface area (Å²) < 4.78 is 36.9. The highest BCUT2D eigenvalue weighted by Crippen LogP contribution is 2.21. The van der Waals surface area contributed by atoms with Crippen LogP contribution < -0.4 is 4.90 Å². The number of carbonyl (C=O) groups excluding carboxylic acids is 1. The van der Waals surface area contributed by atoms with Gasteiger partial charge in [0, 0.05) is 32.2 Å². The number of hydrogen-bond donors (Lipinski definition) is 0. The number of alkyl halides is 3. The van der Waals surface area contributed by atoms with Crippen LogP contribution in [0.1, 0.15) is 0 Å². The van der Waals surface area contributed by atoms with Crippen LogP contribution in [0.15, 0.2) is 18.3 Å².